The Labute approximate surface area is 210 Å². The Morgan fingerprint density at radius 3 is 2.63 bits per heavy atom. The number of aryl methyl sites for hydroxylation is 1. The van der Waals surface area contributed by atoms with Gasteiger partial charge in [0, 0.05) is 38.1 Å². The van der Waals surface area contributed by atoms with Gasteiger partial charge in [0.25, 0.3) is 0 Å². The van der Waals surface area contributed by atoms with Crippen LogP contribution in [0.4, 0.5) is 0 Å². The van der Waals surface area contributed by atoms with Crippen molar-refractivity contribution < 1.29 is 14.2 Å². The molecular weight excluding hydrogens is 438 g/mol. The van der Waals surface area contributed by atoms with E-state index in [-0.39, 0.29) is 6.10 Å². The Bertz CT molecular complexity index is 967. The molecule has 2 aliphatic heterocycles. The maximum absolute atomic E-state index is 6.53. The molecule has 2 saturated heterocycles. The summed E-state index contributed by atoms with van der Waals surface area (Å²) in [5, 5.41) is 0. The molecule has 1 aliphatic carbocycles. The Morgan fingerprint density at radius 2 is 1.89 bits per heavy atom. The smallest absolute Gasteiger partial charge is 0.161 e. The molecule has 3 aliphatic rings. The first-order chi connectivity index (χ1) is 17.1. The lowest BCUT2D eigenvalue weighted by atomic mass is 9.72. The quantitative estimate of drug-likeness (QED) is 0.526. The molecule has 1 saturated carbocycles. The highest BCUT2D eigenvalue weighted by atomic mass is 16.5. The average Bonchev–Trinajstić information content (AvgIpc) is 3.25. The molecule has 2 aromatic rings. The zero-order chi connectivity index (χ0) is 24.1. The van der Waals surface area contributed by atoms with E-state index in [0.29, 0.717) is 11.8 Å². The maximum Gasteiger partial charge on any atom is 0.161 e. The second kappa shape index (κ2) is 11.3. The molecule has 6 nitrogen and oxygen atoms in total. The van der Waals surface area contributed by atoms with Crippen molar-refractivity contribution in [2.45, 2.75) is 70.3 Å². The Balaban J connectivity index is 1.19. The van der Waals surface area contributed by atoms with Gasteiger partial charge in [-0.3, -0.25) is 0 Å². The van der Waals surface area contributed by atoms with Gasteiger partial charge < -0.3 is 19.1 Å². The molecule has 6 heteroatoms. The fraction of sp³-hybridized carbons (Fsp3) is 0.655. The number of aromatic nitrogens is 2. The van der Waals surface area contributed by atoms with Gasteiger partial charge in [-0.1, -0.05) is 6.07 Å². The van der Waals surface area contributed by atoms with E-state index < -0.39 is 0 Å². The minimum absolute atomic E-state index is 0.264. The van der Waals surface area contributed by atoms with E-state index in [4.69, 9.17) is 19.2 Å². The molecule has 3 heterocycles. The van der Waals surface area contributed by atoms with Crippen LogP contribution in [0.3, 0.4) is 0 Å². The highest BCUT2D eigenvalue weighted by Gasteiger charge is 2.40. The summed E-state index contributed by atoms with van der Waals surface area (Å²) >= 11 is 0. The monoisotopic (exact) mass is 479 g/mol. The van der Waals surface area contributed by atoms with Crippen molar-refractivity contribution in [1.82, 2.24) is 14.9 Å². The van der Waals surface area contributed by atoms with Crippen molar-refractivity contribution in [1.29, 1.82) is 0 Å². The molecule has 1 aromatic carbocycles. The molecule has 1 spiro atoms. The molecule has 0 bridgehead atoms. The fourth-order valence-corrected chi connectivity index (χ4v) is 6.23. The number of ether oxygens (including phenoxy) is 3. The summed E-state index contributed by atoms with van der Waals surface area (Å²) in [4.78, 5) is 11.9. The van der Waals surface area contributed by atoms with Crippen LogP contribution in [0.2, 0.25) is 0 Å². The zero-order valence-electron chi connectivity index (χ0n) is 21.5. The van der Waals surface area contributed by atoms with Crippen LogP contribution in [0.15, 0.2) is 30.5 Å². The van der Waals surface area contributed by atoms with Crippen LogP contribution >= 0.6 is 0 Å². The molecular formula is C29H41N3O3. The maximum atomic E-state index is 6.53. The number of likely N-dealkylation sites (tertiary alicyclic amines) is 1. The summed E-state index contributed by atoms with van der Waals surface area (Å²) in [5.74, 6) is 3.29. The highest BCUT2D eigenvalue weighted by molar-refractivity contribution is 5.43. The lowest BCUT2D eigenvalue weighted by Gasteiger charge is -2.37. The predicted molar refractivity (Wildman–Crippen MR) is 137 cm³/mol. The van der Waals surface area contributed by atoms with E-state index in [1.165, 1.54) is 51.6 Å². The topological polar surface area (TPSA) is 56.7 Å². The number of methoxy groups -OCH3 is 1. The Morgan fingerprint density at radius 1 is 1.06 bits per heavy atom. The summed E-state index contributed by atoms with van der Waals surface area (Å²) in [5.41, 5.74) is 2.82. The molecule has 35 heavy (non-hydrogen) atoms. The van der Waals surface area contributed by atoms with Gasteiger partial charge in [0.2, 0.25) is 0 Å². The van der Waals surface area contributed by atoms with Crippen molar-refractivity contribution in [3.8, 4) is 11.5 Å². The Hall–Kier alpha value is -2.18. The van der Waals surface area contributed by atoms with E-state index in [1.54, 1.807) is 7.11 Å². The van der Waals surface area contributed by atoms with Crippen LogP contribution < -0.4 is 9.47 Å². The third-order valence-corrected chi connectivity index (χ3v) is 8.42. The standard InChI is InChI=1S/C29H41N3O3/c1-32-16-14-29(21-32)12-7-25(8-13-29)35-27-19-23(4-6-26(27)33-2)20-28-30-15-9-24(31-28)5-3-22-10-17-34-18-11-22/h4,6,9,15,19,22,25H,3,5,7-8,10-14,16-18,20-21H2,1-2H3. The third-order valence-electron chi connectivity index (χ3n) is 8.42. The summed E-state index contributed by atoms with van der Waals surface area (Å²) in [6, 6.07) is 8.32. The van der Waals surface area contributed by atoms with Crippen LogP contribution in [0.1, 0.15) is 68.4 Å². The molecule has 3 fully saturated rings. The van der Waals surface area contributed by atoms with E-state index in [9.17, 15) is 0 Å². The van der Waals surface area contributed by atoms with E-state index in [2.05, 4.69) is 35.1 Å². The average molecular weight is 480 g/mol. The second-order valence-electron chi connectivity index (χ2n) is 11.0. The number of benzene rings is 1. The van der Waals surface area contributed by atoms with Crippen molar-refractivity contribution in [3.63, 3.8) is 0 Å². The zero-order valence-corrected chi connectivity index (χ0v) is 21.5. The highest BCUT2D eigenvalue weighted by Crippen LogP contribution is 2.44. The van der Waals surface area contributed by atoms with Crippen LogP contribution in [-0.2, 0) is 17.6 Å². The first kappa shape index (κ1) is 24.5. The van der Waals surface area contributed by atoms with E-state index in [1.807, 2.05) is 12.3 Å². The number of hydrogen-bond donors (Lipinski definition) is 0. The summed E-state index contributed by atoms with van der Waals surface area (Å²) in [7, 11) is 3.97. The minimum atomic E-state index is 0.264. The molecule has 0 N–H and O–H groups in total. The van der Waals surface area contributed by atoms with Gasteiger partial charge in [-0.15, -0.1) is 0 Å². The molecule has 0 radical (unpaired) electrons. The number of rotatable bonds is 8. The molecule has 0 unspecified atom stereocenters. The van der Waals surface area contributed by atoms with Gasteiger partial charge in [0.15, 0.2) is 11.5 Å². The SMILES string of the molecule is COc1ccc(Cc2nccc(CCC3CCOCC3)n2)cc1OC1CCC2(CC1)CCN(C)C2. The van der Waals surface area contributed by atoms with Gasteiger partial charge in [-0.05, 0) is 106 Å². The second-order valence-corrected chi connectivity index (χ2v) is 11.0. The first-order valence-corrected chi connectivity index (χ1v) is 13.5. The van der Waals surface area contributed by atoms with Crippen molar-refractivity contribution in [2.75, 3.05) is 40.5 Å². The number of nitrogens with zero attached hydrogens (tertiary/aromatic N) is 3. The lowest BCUT2D eigenvalue weighted by Crippen LogP contribution is -2.34. The predicted octanol–water partition coefficient (Wildman–Crippen LogP) is 5.08. The van der Waals surface area contributed by atoms with Crippen molar-refractivity contribution in [3.05, 3.63) is 47.5 Å². The van der Waals surface area contributed by atoms with Crippen molar-refractivity contribution >= 4 is 0 Å². The normalized spacial score (nSPS) is 25.7. The molecule has 5 rings (SSSR count). The van der Waals surface area contributed by atoms with Gasteiger partial charge in [-0.2, -0.15) is 0 Å². The summed E-state index contributed by atoms with van der Waals surface area (Å²) in [6.45, 7) is 4.29. The van der Waals surface area contributed by atoms with Gasteiger partial charge >= 0.3 is 0 Å². The first-order valence-electron chi connectivity index (χ1n) is 13.5. The van der Waals surface area contributed by atoms with Gasteiger partial charge in [0.1, 0.15) is 5.82 Å². The fourth-order valence-electron chi connectivity index (χ4n) is 6.23. The molecule has 190 valence electrons. The molecule has 1 aromatic heterocycles. The van der Waals surface area contributed by atoms with Crippen LogP contribution in [0, 0.1) is 11.3 Å². The van der Waals surface area contributed by atoms with Crippen LogP contribution in [0.5, 0.6) is 11.5 Å². The van der Waals surface area contributed by atoms with Crippen LogP contribution in [0.25, 0.3) is 0 Å². The van der Waals surface area contributed by atoms with E-state index in [0.717, 1.165) is 67.0 Å². The Kier molecular flexibility index (Phi) is 7.88. The number of hydrogen-bond acceptors (Lipinski definition) is 6. The van der Waals surface area contributed by atoms with Gasteiger partial charge in [0.05, 0.1) is 13.2 Å². The van der Waals surface area contributed by atoms with Crippen LogP contribution in [-0.4, -0.2) is 61.4 Å². The largest absolute Gasteiger partial charge is 0.493 e. The van der Waals surface area contributed by atoms with Gasteiger partial charge in [-0.25, -0.2) is 9.97 Å². The third kappa shape index (κ3) is 6.34. The lowest BCUT2D eigenvalue weighted by molar-refractivity contribution is 0.0639. The summed E-state index contributed by atoms with van der Waals surface area (Å²) in [6.07, 6.45) is 13.5. The van der Waals surface area contributed by atoms with Crippen molar-refractivity contribution in [2.24, 2.45) is 11.3 Å². The molecule has 0 atom stereocenters. The van der Waals surface area contributed by atoms with E-state index >= 15 is 0 Å². The summed E-state index contributed by atoms with van der Waals surface area (Å²) < 4.78 is 17.7. The minimum Gasteiger partial charge on any atom is -0.493 e. The molecule has 0 amide bonds.